The molecular formula is C13H20N4O2. The van der Waals surface area contributed by atoms with Gasteiger partial charge in [-0.3, -0.25) is 0 Å². The van der Waals surface area contributed by atoms with Gasteiger partial charge in [-0.1, -0.05) is 6.42 Å². The van der Waals surface area contributed by atoms with E-state index in [0.717, 1.165) is 13.0 Å². The monoisotopic (exact) mass is 264 g/mol. The normalized spacial score (nSPS) is 20.2. The van der Waals surface area contributed by atoms with Gasteiger partial charge in [-0.2, -0.15) is 0 Å². The van der Waals surface area contributed by atoms with Crippen LogP contribution in [0.15, 0.2) is 12.3 Å². The largest absolute Gasteiger partial charge is 0.478 e. The number of nitrogens with two attached hydrogens (primary N) is 1. The highest BCUT2D eigenvalue weighted by Crippen LogP contribution is 2.18. The summed E-state index contributed by atoms with van der Waals surface area (Å²) >= 11 is 0. The molecule has 1 aliphatic rings. The molecule has 6 nitrogen and oxygen atoms in total. The van der Waals surface area contributed by atoms with Crippen LogP contribution in [-0.4, -0.2) is 47.1 Å². The number of aromatic carboxylic acids is 1. The van der Waals surface area contributed by atoms with Crippen LogP contribution in [0.3, 0.4) is 0 Å². The molecule has 0 saturated carbocycles. The summed E-state index contributed by atoms with van der Waals surface area (Å²) in [6.45, 7) is 1.79. The molecule has 2 heterocycles. The number of piperidine rings is 1. The summed E-state index contributed by atoms with van der Waals surface area (Å²) in [7, 11) is 2.10. The molecule has 2 rings (SSSR count). The molecule has 6 heteroatoms. The number of anilines is 2. The Morgan fingerprint density at radius 2 is 2.42 bits per heavy atom. The van der Waals surface area contributed by atoms with Crippen molar-refractivity contribution in [2.24, 2.45) is 0 Å². The number of aromatic nitrogens is 1. The zero-order chi connectivity index (χ0) is 13.8. The highest BCUT2D eigenvalue weighted by Gasteiger charge is 2.20. The molecule has 1 saturated heterocycles. The van der Waals surface area contributed by atoms with E-state index in [9.17, 15) is 4.79 Å². The van der Waals surface area contributed by atoms with E-state index in [0.29, 0.717) is 24.1 Å². The first-order valence-corrected chi connectivity index (χ1v) is 6.51. The Bertz CT molecular complexity index is 464. The highest BCUT2D eigenvalue weighted by molar-refractivity contribution is 5.94. The number of hydrogen-bond acceptors (Lipinski definition) is 5. The number of nitrogens with zero attached hydrogens (tertiary/aromatic N) is 2. The molecule has 0 aromatic carbocycles. The zero-order valence-corrected chi connectivity index (χ0v) is 11.1. The Balaban J connectivity index is 2.04. The van der Waals surface area contributed by atoms with Gasteiger partial charge in [-0.25, -0.2) is 9.78 Å². The van der Waals surface area contributed by atoms with Crippen molar-refractivity contribution in [1.82, 2.24) is 9.88 Å². The first kappa shape index (κ1) is 13.6. The van der Waals surface area contributed by atoms with Gasteiger partial charge in [-0.15, -0.1) is 0 Å². The Hall–Kier alpha value is -1.82. The lowest BCUT2D eigenvalue weighted by Gasteiger charge is -2.32. The molecule has 19 heavy (non-hydrogen) atoms. The number of carboxylic acid groups (broad SMARTS) is 1. The molecule has 104 valence electrons. The van der Waals surface area contributed by atoms with Crippen LogP contribution in [-0.2, 0) is 0 Å². The summed E-state index contributed by atoms with van der Waals surface area (Å²) in [5, 5.41) is 12.3. The molecule has 1 aromatic rings. The van der Waals surface area contributed by atoms with E-state index in [-0.39, 0.29) is 5.56 Å². The minimum Gasteiger partial charge on any atom is -0.478 e. The van der Waals surface area contributed by atoms with Crippen molar-refractivity contribution in [3.63, 3.8) is 0 Å². The van der Waals surface area contributed by atoms with Gasteiger partial charge in [0.2, 0.25) is 0 Å². The second-order valence-electron chi connectivity index (χ2n) is 4.98. The van der Waals surface area contributed by atoms with Crippen molar-refractivity contribution in [3.05, 3.63) is 17.8 Å². The van der Waals surface area contributed by atoms with Gasteiger partial charge in [0.25, 0.3) is 0 Å². The second kappa shape index (κ2) is 5.88. The number of hydrogen-bond donors (Lipinski definition) is 3. The number of nitrogen functional groups attached to an aromatic ring is 1. The van der Waals surface area contributed by atoms with Crippen LogP contribution in [0.2, 0.25) is 0 Å². The van der Waals surface area contributed by atoms with Gasteiger partial charge in [0.1, 0.15) is 11.4 Å². The number of carboxylic acids is 1. The number of likely N-dealkylation sites (tertiary alicyclic amines) is 1. The lowest BCUT2D eigenvalue weighted by molar-refractivity contribution is 0.0697. The van der Waals surface area contributed by atoms with Crippen LogP contribution < -0.4 is 11.1 Å². The fraction of sp³-hybridized carbons (Fsp3) is 0.538. The third-order valence-corrected chi connectivity index (χ3v) is 3.57. The predicted molar refractivity (Wildman–Crippen MR) is 74.4 cm³/mol. The van der Waals surface area contributed by atoms with Crippen LogP contribution in [0.4, 0.5) is 11.5 Å². The lowest BCUT2D eigenvalue weighted by atomic mass is 10.0. The molecule has 0 spiro atoms. The zero-order valence-electron chi connectivity index (χ0n) is 11.1. The minimum atomic E-state index is -1.01. The Labute approximate surface area is 112 Å². The number of carbonyl (C=O) groups is 1. The van der Waals surface area contributed by atoms with E-state index in [1.165, 1.54) is 25.1 Å². The highest BCUT2D eigenvalue weighted by atomic mass is 16.4. The maximum Gasteiger partial charge on any atom is 0.339 e. The van der Waals surface area contributed by atoms with Gasteiger partial charge >= 0.3 is 5.97 Å². The summed E-state index contributed by atoms with van der Waals surface area (Å²) in [6, 6.07) is 1.86. The molecule has 1 atom stereocenters. The maximum atomic E-state index is 11.1. The molecule has 0 bridgehead atoms. The van der Waals surface area contributed by atoms with E-state index in [4.69, 9.17) is 10.8 Å². The fourth-order valence-electron chi connectivity index (χ4n) is 2.40. The number of likely N-dealkylation sites (N-methyl/N-ethyl adjacent to an activating group) is 1. The SMILES string of the molecule is CN1CCCCC1CNc1ncc(N)cc1C(=O)O. The Morgan fingerprint density at radius 1 is 1.63 bits per heavy atom. The molecule has 1 fully saturated rings. The first-order valence-electron chi connectivity index (χ1n) is 6.51. The number of pyridine rings is 1. The van der Waals surface area contributed by atoms with Gasteiger partial charge in [0.15, 0.2) is 0 Å². The molecule has 0 aliphatic carbocycles. The molecule has 1 aliphatic heterocycles. The second-order valence-corrected chi connectivity index (χ2v) is 4.98. The van der Waals surface area contributed by atoms with Crippen LogP contribution in [0.1, 0.15) is 29.6 Å². The van der Waals surface area contributed by atoms with Crippen LogP contribution in [0, 0.1) is 0 Å². The summed E-state index contributed by atoms with van der Waals surface area (Å²) in [6.07, 6.45) is 5.05. The van der Waals surface area contributed by atoms with Crippen molar-refractivity contribution >= 4 is 17.5 Å². The third-order valence-electron chi connectivity index (χ3n) is 3.57. The van der Waals surface area contributed by atoms with Crippen molar-refractivity contribution in [1.29, 1.82) is 0 Å². The standard InChI is InChI=1S/C13H20N4O2/c1-17-5-3-2-4-10(17)8-16-12-11(13(18)19)6-9(14)7-15-12/h6-7,10H,2-5,8,14H2,1H3,(H,15,16)(H,18,19). The average molecular weight is 264 g/mol. The Kier molecular flexibility index (Phi) is 4.21. The average Bonchev–Trinajstić information content (AvgIpc) is 2.38. The quantitative estimate of drug-likeness (QED) is 0.758. The van der Waals surface area contributed by atoms with Crippen molar-refractivity contribution < 1.29 is 9.90 Å². The summed E-state index contributed by atoms with van der Waals surface area (Å²) in [5.74, 6) is -0.625. The summed E-state index contributed by atoms with van der Waals surface area (Å²) in [5.41, 5.74) is 6.05. The van der Waals surface area contributed by atoms with E-state index in [2.05, 4.69) is 22.2 Å². The first-order chi connectivity index (χ1) is 9.08. The molecule has 1 aromatic heterocycles. The third kappa shape index (κ3) is 3.35. The van der Waals surface area contributed by atoms with E-state index < -0.39 is 5.97 Å². The molecule has 0 amide bonds. The van der Waals surface area contributed by atoms with Gasteiger partial charge in [0.05, 0.1) is 11.9 Å². The topological polar surface area (TPSA) is 91.5 Å². The molecule has 0 radical (unpaired) electrons. The summed E-state index contributed by atoms with van der Waals surface area (Å²) < 4.78 is 0. The fourth-order valence-corrected chi connectivity index (χ4v) is 2.40. The van der Waals surface area contributed by atoms with E-state index in [1.54, 1.807) is 0 Å². The predicted octanol–water partition coefficient (Wildman–Crippen LogP) is 1.26. The molecule has 1 unspecified atom stereocenters. The van der Waals surface area contributed by atoms with E-state index in [1.807, 2.05) is 0 Å². The van der Waals surface area contributed by atoms with E-state index >= 15 is 0 Å². The van der Waals surface area contributed by atoms with Crippen molar-refractivity contribution in [2.45, 2.75) is 25.3 Å². The minimum absolute atomic E-state index is 0.124. The molecular weight excluding hydrogens is 244 g/mol. The number of rotatable bonds is 4. The van der Waals surface area contributed by atoms with Crippen molar-refractivity contribution in [2.75, 3.05) is 31.2 Å². The van der Waals surface area contributed by atoms with Gasteiger partial charge in [0, 0.05) is 12.6 Å². The number of nitrogens with one attached hydrogen (secondary N) is 1. The van der Waals surface area contributed by atoms with Crippen LogP contribution in [0.5, 0.6) is 0 Å². The van der Waals surface area contributed by atoms with Gasteiger partial charge < -0.3 is 21.1 Å². The lowest BCUT2D eigenvalue weighted by Crippen LogP contribution is -2.41. The van der Waals surface area contributed by atoms with Crippen LogP contribution >= 0.6 is 0 Å². The summed E-state index contributed by atoms with van der Waals surface area (Å²) in [4.78, 5) is 17.5. The van der Waals surface area contributed by atoms with Crippen LogP contribution in [0.25, 0.3) is 0 Å². The maximum absolute atomic E-state index is 11.1. The smallest absolute Gasteiger partial charge is 0.339 e. The Morgan fingerprint density at radius 3 is 3.11 bits per heavy atom. The van der Waals surface area contributed by atoms with Crippen molar-refractivity contribution in [3.8, 4) is 0 Å². The molecule has 4 N–H and O–H groups in total. The van der Waals surface area contributed by atoms with Gasteiger partial charge in [-0.05, 0) is 32.5 Å².